The van der Waals surface area contributed by atoms with Gasteiger partial charge in [-0.2, -0.15) is 17.2 Å². The number of benzene rings is 8. The molecule has 32 nitrogen and oxygen atoms in total. The van der Waals surface area contributed by atoms with Crippen molar-refractivity contribution in [1.82, 2.24) is 17.2 Å². The minimum absolute atomic E-state index is 0.0662. The molecule has 132 heavy (non-hydrogen) atoms. The molecule has 0 radical (unpaired) electrons. The van der Waals surface area contributed by atoms with E-state index in [4.69, 9.17) is 75.8 Å². The van der Waals surface area contributed by atoms with Crippen LogP contribution in [-0.2, 0) is 150 Å². The SMILES string of the molecule is COC(=O)[C@@H](C[C@@H]1CCCO1)S(=O)(=O)N(Cc1ccc(OC)cc1)Cc1ccc(OC)cc1.COC(=O)[C@@H](C[C@H]1CCCO1)S(=O)(=O)N(Cc1ccc(OC)cc1)Cc1ccc(OC)cc1.COC(=O)[C@H](C[C@@H]1CCCO1)S(=O)(=O)N(Cc1ccc(OC)cc1)Cc1ccc(OC)cc1.COC(=O)[C@H](C[C@H]1CCCO1)S(=O)(=O)N(Cc1ccc(OC)cc1)Cc1ccc(OC)cc1. The van der Waals surface area contributed by atoms with Crippen molar-refractivity contribution >= 4 is 64.0 Å². The van der Waals surface area contributed by atoms with Gasteiger partial charge in [0.1, 0.15) is 46.0 Å². The Balaban J connectivity index is 0.000000198. The van der Waals surface area contributed by atoms with E-state index >= 15 is 0 Å². The average Bonchev–Trinajstić information content (AvgIpc) is 1.23. The Morgan fingerprint density at radius 3 is 0.470 bits per heavy atom. The molecule has 0 aromatic heterocycles. The molecule has 12 rings (SSSR count). The van der Waals surface area contributed by atoms with Crippen molar-refractivity contribution in [2.75, 3.05) is 112 Å². The maximum Gasteiger partial charge on any atom is 0.325 e. The molecule has 36 heteroatoms. The van der Waals surface area contributed by atoms with Crippen LogP contribution in [0.3, 0.4) is 0 Å². The van der Waals surface area contributed by atoms with Crippen LogP contribution < -0.4 is 37.9 Å². The van der Waals surface area contributed by atoms with Crippen LogP contribution in [0.1, 0.15) is 122 Å². The summed E-state index contributed by atoms with van der Waals surface area (Å²) in [5.74, 6) is 2.29. The number of sulfonamides is 4. The maximum absolute atomic E-state index is 13.8. The van der Waals surface area contributed by atoms with E-state index in [9.17, 15) is 52.8 Å². The summed E-state index contributed by atoms with van der Waals surface area (Å²) >= 11 is 0. The molecule has 4 heterocycles. The van der Waals surface area contributed by atoms with Gasteiger partial charge in [-0.3, -0.25) is 19.2 Å². The van der Waals surface area contributed by atoms with Gasteiger partial charge in [0.25, 0.3) is 0 Å². The first kappa shape index (κ1) is 105. The van der Waals surface area contributed by atoms with E-state index in [0.29, 0.717) is 72.4 Å². The molecule has 0 bridgehead atoms. The van der Waals surface area contributed by atoms with Gasteiger partial charge in [-0.25, -0.2) is 33.7 Å². The number of nitrogens with zero attached hydrogens (tertiary/aromatic N) is 4. The Bertz CT molecular complexity index is 4470. The Morgan fingerprint density at radius 2 is 0.371 bits per heavy atom. The second-order valence-electron chi connectivity index (χ2n) is 31.6. The minimum Gasteiger partial charge on any atom is -0.497 e. The summed E-state index contributed by atoms with van der Waals surface area (Å²) in [6, 6.07) is 57.3. The zero-order valence-electron chi connectivity index (χ0n) is 76.9. The quantitative estimate of drug-likeness (QED) is 0.0253. The van der Waals surface area contributed by atoms with Crippen LogP contribution in [0.5, 0.6) is 46.0 Å². The van der Waals surface area contributed by atoms with Crippen LogP contribution in [0, 0.1) is 0 Å². The summed E-state index contributed by atoms with van der Waals surface area (Å²) in [4.78, 5) is 50.4. The molecule has 4 aliphatic rings. The van der Waals surface area contributed by atoms with Crippen LogP contribution in [0.2, 0.25) is 0 Å². The number of esters is 4. The highest BCUT2D eigenvalue weighted by Crippen LogP contribution is 2.34. The third-order valence-electron chi connectivity index (χ3n) is 22.9. The number of rotatable bonds is 44. The lowest BCUT2D eigenvalue weighted by Crippen LogP contribution is -2.44. The molecule has 8 aromatic rings. The summed E-state index contributed by atoms with van der Waals surface area (Å²) in [7, 11) is 1.10. The normalized spacial score (nSPS) is 17.0. The van der Waals surface area contributed by atoms with Crippen LogP contribution in [-0.4, -0.2) is 232 Å². The van der Waals surface area contributed by atoms with E-state index in [1.54, 1.807) is 154 Å². The lowest BCUT2D eigenvalue weighted by atomic mass is 10.1. The van der Waals surface area contributed by atoms with Crippen LogP contribution in [0.4, 0.5) is 0 Å². The van der Waals surface area contributed by atoms with Gasteiger partial charge in [-0.15, -0.1) is 0 Å². The fourth-order valence-corrected chi connectivity index (χ4v) is 22.6. The van der Waals surface area contributed by atoms with Gasteiger partial charge in [0.2, 0.25) is 40.1 Å². The van der Waals surface area contributed by atoms with Gasteiger partial charge in [0.05, 0.1) is 110 Å². The Labute approximate surface area is 776 Å². The average molecular weight is 1910 g/mol. The first-order chi connectivity index (χ1) is 63.5. The third kappa shape index (κ3) is 30.8. The zero-order valence-corrected chi connectivity index (χ0v) is 80.2. The standard InChI is InChI=1S/4C24H31NO7S/c4*1-29-20-10-6-18(7-11-20)16-25(17-19-8-12-21(30-2)13-9-19)33(27,28)23(24(26)31-3)15-22-5-4-14-32-22/h4*6-13,22-23H,4-5,14-17H2,1-3H3/t2*22-,23+;2*22-,23-/m1010/s1. The predicted octanol–water partition coefficient (Wildman–Crippen LogP) is 12.6. The van der Waals surface area contributed by atoms with Crippen LogP contribution >= 0.6 is 0 Å². The predicted molar refractivity (Wildman–Crippen MR) is 494 cm³/mol. The summed E-state index contributed by atoms with van der Waals surface area (Å²) in [6.45, 7) is 3.03. The summed E-state index contributed by atoms with van der Waals surface area (Å²) in [5.41, 5.74) is 6.17. The highest BCUT2D eigenvalue weighted by Gasteiger charge is 2.46. The number of ether oxygens (including phenoxy) is 16. The van der Waals surface area contributed by atoms with E-state index in [1.807, 2.05) is 97.1 Å². The topological polar surface area (TPSA) is 365 Å². The molecular weight excluding hydrogens is 1790 g/mol. The van der Waals surface area contributed by atoms with Gasteiger partial charge >= 0.3 is 23.9 Å². The summed E-state index contributed by atoms with van der Waals surface area (Å²) < 4.78 is 199. The molecule has 0 saturated carbocycles. The van der Waals surface area contributed by atoms with Gasteiger partial charge < -0.3 is 75.8 Å². The first-order valence-corrected chi connectivity index (χ1v) is 49.3. The van der Waals surface area contributed by atoms with Crippen molar-refractivity contribution in [3.8, 4) is 46.0 Å². The van der Waals surface area contributed by atoms with Crippen molar-refractivity contribution in [2.24, 2.45) is 0 Å². The van der Waals surface area contributed by atoms with E-state index in [2.05, 4.69) is 0 Å². The Kier molecular flexibility index (Phi) is 41.6. The maximum atomic E-state index is 13.8. The minimum atomic E-state index is -4.07. The molecular formula is C96H124N4O28S4. The van der Waals surface area contributed by atoms with Crippen molar-refractivity contribution < 1.29 is 129 Å². The zero-order chi connectivity index (χ0) is 95.4. The molecule has 0 amide bonds. The molecule has 0 aliphatic carbocycles. The molecule has 8 atom stereocenters. The van der Waals surface area contributed by atoms with Crippen molar-refractivity contribution in [3.05, 3.63) is 239 Å². The molecule has 0 unspecified atom stereocenters. The van der Waals surface area contributed by atoms with Crippen LogP contribution in [0.15, 0.2) is 194 Å². The number of carbonyl (C=O) groups is 4. The number of hydrogen-bond acceptors (Lipinski definition) is 28. The second-order valence-corrected chi connectivity index (χ2v) is 40.0. The fourth-order valence-electron chi connectivity index (χ4n) is 15.3. The van der Waals surface area contributed by atoms with Crippen LogP contribution in [0.25, 0.3) is 0 Å². The molecule has 8 aromatic carbocycles. The van der Waals surface area contributed by atoms with E-state index in [0.717, 1.165) is 95.9 Å². The van der Waals surface area contributed by atoms with Crippen molar-refractivity contribution in [1.29, 1.82) is 0 Å². The number of hydrogen-bond donors (Lipinski definition) is 0. The molecule has 0 spiro atoms. The highest BCUT2D eigenvalue weighted by atomic mass is 32.2. The first-order valence-electron chi connectivity index (χ1n) is 43.3. The second kappa shape index (κ2) is 52.3. The number of carbonyl (C=O) groups excluding carboxylic acids is 4. The smallest absolute Gasteiger partial charge is 0.325 e. The lowest BCUT2D eigenvalue weighted by molar-refractivity contribution is -0.141. The van der Waals surface area contributed by atoms with E-state index in [-0.39, 0.29) is 102 Å². The lowest BCUT2D eigenvalue weighted by Gasteiger charge is -2.28. The van der Waals surface area contributed by atoms with Gasteiger partial charge in [-0.1, -0.05) is 97.1 Å². The third-order valence-corrected chi connectivity index (χ3v) is 31.2. The van der Waals surface area contributed by atoms with Gasteiger partial charge in [0, 0.05) is 104 Å². The van der Waals surface area contributed by atoms with Gasteiger partial charge in [-0.05, 0) is 193 Å². The Hall–Kier alpha value is -10.5. The summed E-state index contributed by atoms with van der Waals surface area (Å²) in [5, 5.41) is -5.38. The van der Waals surface area contributed by atoms with Crippen molar-refractivity contribution in [3.63, 3.8) is 0 Å². The fraction of sp³-hybridized carbons (Fsp3) is 0.458. The Morgan fingerprint density at radius 1 is 0.242 bits per heavy atom. The molecule has 4 fully saturated rings. The molecule has 4 saturated heterocycles. The molecule has 720 valence electrons. The molecule has 4 aliphatic heterocycles. The van der Waals surface area contributed by atoms with Crippen molar-refractivity contribution in [2.45, 2.75) is 175 Å². The largest absolute Gasteiger partial charge is 0.497 e. The molecule has 0 N–H and O–H groups in total. The highest BCUT2D eigenvalue weighted by molar-refractivity contribution is 7.91. The van der Waals surface area contributed by atoms with E-state index < -0.39 is 85.0 Å². The summed E-state index contributed by atoms with van der Waals surface area (Å²) in [6.07, 6.45) is 5.40. The van der Waals surface area contributed by atoms with Gasteiger partial charge in [0.15, 0.2) is 21.0 Å². The monoisotopic (exact) mass is 1910 g/mol. The number of methoxy groups -OCH3 is 12. The van der Waals surface area contributed by atoms with E-state index in [1.165, 1.54) is 45.7 Å².